The molecule has 0 aliphatic heterocycles. The summed E-state index contributed by atoms with van der Waals surface area (Å²) in [6.45, 7) is 2.84. The maximum atomic E-state index is 12.9. The summed E-state index contributed by atoms with van der Waals surface area (Å²) < 4.78 is 3.57. The lowest BCUT2D eigenvalue weighted by Gasteiger charge is -2.22. The number of fused-ring (bicyclic) bond motifs is 1. The molecule has 0 radical (unpaired) electrons. The molecule has 0 unspecified atom stereocenters. The average Bonchev–Trinajstić information content (AvgIpc) is 3.39. The zero-order chi connectivity index (χ0) is 22.0. The number of aromatic nitrogens is 3. The number of carbonyl (C=O) groups is 1. The number of anilines is 1. The van der Waals surface area contributed by atoms with Crippen LogP contribution in [-0.4, -0.2) is 31.1 Å². The maximum Gasteiger partial charge on any atom is 0.308 e. The first kappa shape index (κ1) is 21.4. The summed E-state index contributed by atoms with van der Waals surface area (Å²) in [6.07, 6.45) is 7.11. The molecule has 0 amide bonds. The van der Waals surface area contributed by atoms with Crippen molar-refractivity contribution in [2.24, 2.45) is 5.92 Å². The second-order valence-electron chi connectivity index (χ2n) is 8.16. The smallest absolute Gasteiger partial charge is 0.308 e. The minimum absolute atomic E-state index is 0.192. The van der Waals surface area contributed by atoms with E-state index in [1.807, 2.05) is 16.7 Å². The van der Waals surface area contributed by atoms with Gasteiger partial charge < -0.3 is 10.4 Å². The molecule has 8 heteroatoms. The lowest BCUT2D eigenvalue weighted by Crippen LogP contribution is -2.32. The molecule has 2 heterocycles. The maximum absolute atomic E-state index is 12.9. The summed E-state index contributed by atoms with van der Waals surface area (Å²) in [7, 11) is 0. The molecule has 0 spiro atoms. The number of imidazole rings is 1. The zero-order valence-electron chi connectivity index (χ0n) is 17.6. The molecule has 2 aromatic heterocycles. The Balaban J connectivity index is 1.77. The van der Waals surface area contributed by atoms with E-state index >= 15 is 0 Å². The molecule has 1 aromatic carbocycles. The van der Waals surface area contributed by atoms with E-state index in [1.165, 1.54) is 0 Å². The van der Waals surface area contributed by atoms with Crippen LogP contribution in [0.3, 0.4) is 0 Å². The van der Waals surface area contributed by atoms with Crippen LogP contribution in [0.1, 0.15) is 45.4 Å². The number of hydrogen-bond acceptors (Lipinski definition) is 4. The Bertz CT molecular complexity index is 1140. The molecule has 7 nitrogen and oxygen atoms in total. The van der Waals surface area contributed by atoms with Crippen molar-refractivity contribution in [2.45, 2.75) is 58.0 Å². The van der Waals surface area contributed by atoms with Gasteiger partial charge in [-0.1, -0.05) is 49.9 Å². The molecular formula is C23H27ClN4O3. The summed E-state index contributed by atoms with van der Waals surface area (Å²) >= 11 is 6.01. The fourth-order valence-corrected chi connectivity index (χ4v) is 4.46. The highest BCUT2D eigenvalue weighted by Crippen LogP contribution is 2.29. The number of unbranched alkanes of at least 4 members (excludes halogenated alkanes) is 2. The summed E-state index contributed by atoms with van der Waals surface area (Å²) in [6, 6.07) is 8.73. The number of nitrogens with zero attached hydrogens (tertiary/aromatic N) is 3. The van der Waals surface area contributed by atoms with Crippen LogP contribution in [0.5, 0.6) is 0 Å². The van der Waals surface area contributed by atoms with Gasteiger partial charge in [0.1, 0.15) is 5.82 Å². The second-order valence-corrected chi connectivity index (χ2v) is 8.59. The average molecular weight is 443 g/mol. The fourth-order valence-electron chi connectivity index (χ4n) is 4.33. The van der Waals surface area contributed by atoms with Gasteiger partial charge in [-0.25, -0.2) is 4.98 Å². The van der Waals surface area contributed by atoms with Crippen molar-refractivity contribution >= 4 is 29.2 Å². The predicted octanol–water partition coefficient (Wildman–Crippen LogP) is 4.67. The Morgan fingerprint density at radius 3 is 2.74 bits per heavy atom. The van der Waals surface area contributed by atoms with Crippen LogP contribution in [0.2, 0.25) is 5.02 Å². The molecule has 1 fully saturated rings. The minimum Gasteiger partial charge on any atom is -0.481 e. The van der Waals surface area contributed by atoms with E-state index in [0.717, 1.165) is 37.7 Å². The monoisotopic (exact) mass is 442 g/mol. The van der Waals surface area contributed by atoms with Crippen molar-refractivity contribution in [3.63, 3.8) is 0 Å². The van der Waals surface area contributed by atoms with Gasteiger partial charge in [0.25, 0.3) is 5.56 Å². The third-order valence-electron chi connectivity index (χ3n) is 6.01. The van der Waals surface area contributed by atoms with Crippen molar-refractivity contribution in [2.75, 3.05) is 5.32 Å². The second kappa shape index (κ2) is 9.14. The van der Waals surface area contributed by atoms with Gasteiger partial charge >= 0.3 is 5.97 Å². The van der Waals surface area contributed by atoms with E-state index in [9.17, 15) is 14.7 Å². The normalized spacial score (nSPS) is 18.5. The van der Waals surface area contributed by atoms with E-state index in [0.29, 0.717) is 35.3 Å². The molecule has 2 N–H and O–H groups in total. The SMILES string of the molecule is CCCCCn1c(N[C@@H]2CCC[C@H]2C(=O)O)cc(=O)n2cc(-c3ccc(Cl)cc3)nc12. The molecule has 3 aromatic rings. The highest BCUT2D eigenvalue weighted by molar-refractivity contribution is 6.30. The number of rotatable bonds is 8. The Morgan fingerprint density at radius 1 is 1.26 bits per heavy atom. The third kappa shape index (κ3) is 4.46. The van der Waals surface area contributed by atoms with Crippen LogP contribution in [0, 0.1) is 5.92 Å². The van der Waals surface area contributed by atoms with E-state index in [2.05, 4.69) is 12.2 Å². The summed E-state index contributed by atoms with van der Waals surface area (Å²) in [4.78, 5) is 29.3. The Labute approximate surface area is 185 Å². The van der Waals surface area contributed by atoms with Crippen molar-refractivity contribution < 1.29 is 9.90 Å². The zero-order valence-corrected chi connectivity index (χ0v) is 18.3. The van der Waals surface area contributed by atoms with Gasteiger partial charge in [-0.3, -0.25) is 18.6 Å². The molecule has 4 rings (SSSR count). The van der Waals surface area contributed by atoms with Crippen LogP contribution in [0.15, 0.2) is 41.3 Å². The van der Waals surface area contributed by atoms with E-state index in [4.69, 9.17) is 16.6 Å². The predicted molar refractivity (Wildman–Crippen MR) is 122 cm³/mol. The first-order valence-electron chi connectivity index (χ1n) is 10.9. The lowest BCUT2D eigenvalue weighted by molar-refractivity contribution is -0.141. The minimum atomic E-state index is -0.790. The van der Waals surface area contributed by atoms with Crippen molar-refractivity contribution in [1.29, 1.82) is 0 Å². The highest BCUT2D eigenvalue weighted by atomic mass is 35.5. The number of hydrogen-bond donors (Lipinski definition) is 2. The highest BCUT2D eigenvalue weighted by Gasteiger charge is 2.33. The van der Waals surface area contributed by atoms with Crippen LogP contribution >= 0.6 is 11.6 Å². The van der Waals surface area contributed by atoms with Crippen LogP contribution in [0.25, 0.3) is 17.0 Å². The van der Waals surface area contributed by atoms with Crippen LogP contribution in [0.4, 0.5) is 5.82 Å². The number of aryl methyl sites for hydroxylation is 1. The van der Waals surface area contributed by atoms with E-state index < -0.39 is 11.9 Å². The molecule has 164 valence electrons. The van der Waals surface area contributed by atoms with Crippen molar-refractivity contribution in [1.82, 2.24) is 14.0 Å². The van der Waals surface area contributed by atoms with Gasteiger partial charge in [0.2, 0.25) is 5.78 Å². The van der Waals surface area contributed by atoms with Gasteiger partial charge in [-0.15, -0.1) is 0 Å². The molecule has 0 saturated heterocycles. The van der Waals surface area contributed by atoms with Gasteiger partial charge in [0.15, 0.2) is 0 Å². The Morgan fingerprint density at radius 2 is 2.03 bits per heavy atom. The van der Waals surface area contributed by atoms with Crippen LogP contribution < -0.4 is 10.9 Å². The van der Waals surface area contributed by atoms with Gasteiger partial charge in [0.05, 0.1) is 11.6 Å². The quantitative estimate of drug-likeness (QED) is 0.495. The lowest BCUT2D eigenvalue weighted by atomic mass is 10.0. The standard InChI is InChI=1S/C23H27ClN4O3/c1-2-3-4-12-27-20(25-18-7-5-6-17(18)22(30)31)13-21(29)28-14-19(26-23(27)28)15-8-10-16(24)11-9-15/h8-11,13-14,17-18,25H,2-7,12H2,1H3,(H,30,31)/t17-,18-/m1/s1. The number of aliphatic carboxylic acids is 1. The van der Waals surface area contributed by atoms with Gasteiger partial charge in [-0.05, 0) is 31.4 Å². The largest absolute Gasteiger partial charge is 0.481 e. The Kier molecular flexibility index (Phi) is 6.32. The number of halogens is 1. The van der Waals surface area contributed by atoms with E-state index in [1.54, 1.807) is 28.8 Å². The van der Waals surface area contributed by atoms with Crippen molar-refractivity contribution in [3.8, 4) is 11.3 Å². The molecule has 1 aliphatic rings. The summed E-state index contributed by atoms with van der Waals surface area (Å²) in [5, 5.41) is 13.6. The third-order valence-corrected chi connectivity index (χ3v) is 6.26. The molecule has 2 atom stereocenters. The summed E-state index contributed by atoms with van der Waals surface area (Å²) in [5.41, 5.74) is 1.38. The topological polar surface area (TPSA) is 88.6 Å². The first-order valence-corrected chi connectivity index (χ1v) is 11.2. The molecule has 1 aliphatic carbocycles. The number of benzene rings is 1. The molecule has 0 bridgehead atoms. The van der Waals surface area contributed by atoms with Crippen molar-refractivity contribution in [3.05, 3.63) is 51.9 Å². The summed E-state index contributed by atoms with van der Waals surface area (Å²) in [5.74, 6) is -0.0393. The molecule has 1 saturated carbocycles. The Hall–Kier alpha value is -2.80. The van der Waals surface area contributed by atoms with E-state index in [-0.39, 0.29) is 11.6 Å². The number of carboxylic acids is 1. The fraction of sp³-hybridized carbons (Fsp3) is 0.435. The number of carboxylic acid groups (broad SMARTS) is 1. The van der Waals surface area contributed by atoms with Gasteiger partial charge in [-0.2, -0.15) is 0 Å². The number of nitrogens with one attached hydrogen (secondary N) is 1. The van der Waals surface area contributed by atoms with Crippen LogP contribution in [-0.2, 0) is 11.3 Å². The molecular weight excluding hydrogens is 416 g/mol. The van der Waals surface area contributed by atoms with Gasteiger partial charge in [0, 0.05) is 35.4 Å². The molecule has 31 heavy (non-hydrogen) atoms. The first-order chi connectivity index (χ1) is 15.0.